The average molecular weight is 411 g/mol. The van der Waals surface area contributed by atoms with Crippen LogP contribution in [0.5, 0.6) is 11.5 Å². The van der Waals surface area contributed by atoms with E-state index >= 15 is 0 Å². The topological polar surface area (TPSA) is 51.1 Å². The van der Waals surface area contributed by atoms with Crippen molar-refractivity contribution in [1.82, 2.24) is 4.90 Å². The monoisotopic (exact) mass is 410 g/mol. The predicted octanol–water partition coefficient (Wildman–Crippen LogP) is 5.28. The number of carbonyl (C=O) groups excluding carboxylic acids is 1. The minimum atomic E-state index is -0.0287. The summed E-state index contributed by atoms with van der Waals surface area (Å²) in [6.45, 7) is 7.11. The number of carbonyl (C=O) groups is 1. The summed E-state index contributed by atoms with van der Waals surface area (Å²) in [4.78, 5) is 20.1. The molecule has 1 aliphatic rings. The molecule has 3 rings (SSSR count). The van der Waals surface area contributed by atoms with Gasteiger partial charge in [-0.3, -0.25) is 9.69 Å². The summed E-state index contributed by atoms with van der Waals surface area (Å²) in [5.41, 5.74) is 2.96. The molecule has 1 saturated heterocycles. The van der Waals surface area contributed by atoms with Crippen LogP contribution in [0, 0.1) is 0 Å². The Labute approximate surface area is 176 Å². The number of hydrogen-bond acceptors (Lipinski definition) is 5. The molecular formula is C23H26N2O3S. The van der Waals surface area contributed by atoms with E-state index in [2.05, 4.69) is 13.0 Å². The van der Waals surface area contributed by atoms with Gasteiger partial charge in [0, 0.05) is 6.54 Å². The third-order valence-corrected chi connectivity index (χ3v) is 5.58. The number of thioether (sulfide) groups is 1. The summed E-state index contributed by atoms with van der Waals surface area (Å²) in [5.74, 6) is 1.31. The number of benzene rings is 2. The molecule has 2 aromatic carbocycles. The molecule has 0 N–H and O–H groups in total. The van der Waals surface area contributed by atoms with Gasteiger partial charge in [0.25, 0.3) is 5.91 Å². The number of aliphatic imine (C=N–C) groups is 1. The van der Waals surface area contributed by atoms with Crippen molar-refractivity contribution in [2.24, 2.45) is 4.99 Å². The molecule has 0 unspecified atom stereocenters. The zero-order valence-electron chi connectivity index (χ0n) is 17.3. The van der Waals surface area contributed by atoms with Crippen LogP contribution in [0.15, 0.2) is 52.4 Å². The van der Waals surface area contributed by atoms with E-state index in [1.807, 2.05) is 56.3 Å². The number of likely N-dealkylation sites (N-methyl/N-ethyl adjacent to an activating group) is 1. The molecule has 2 aromatic rings. The lowest BCUT2D eigenvalue weighted by Crippen LogP contribution is -2.28. The second-order valence-corrected chi connectivity index (χ2v) is 7.39. The van der Waals surface area contributed by atoms with Crippen LogP contribution < -0.4 is 9.47 Å². The molecule has 5 nitrogen and oxygen atoms in total. The van der Waals surface area contributed by atoms with Crippen LogP contribution in [-0.4, -0.2) is 36.2 Å². The van der Waals surface area contributed by atoms with Gasteiger partial charge in [0.1, 0.15) is 0 Å². The van der Waals surface area contributed by atoms with Crippen molar-refractivity contribution in [1.29, 1.82) is 0 Å². The number of nitrogens with zero attached hydrogens (tertiary/aromatic N) is 2. The van der Waals surface area contributed by atoms with Gasteiger partial charge in [-0.25, -0.2) is 4.99 Å². The average Bonchev–Trinajstić information content (AvgIpc) is 3.03. The fourth-order valence-corrected chi connectivity index (χ4v) is 4.15. The maximum atomic E-state index is 12.9. The molecule has 152 valence electrons. The zero-order chi connectivity index (χ0) is 20.8. The number of hydrogen-bond donors (Lipinski definition) is 0. The molecule has 1 amide bonds. The smallest absolute Gasteiger partial charge is 0.266 e. The SMILES string of the molecule is CCOc1cc(/C=C2/SC(=Nc3ccccc3CC)N(CC)C2=O)ccc1OC. The van der Waals surface area contributed by atoms with E-state index < -0.39 is 0 Å². The van der Waals surface area contributed by atoms with E-state index in [-0.39, 0.29) is 5.91 Å². The van der Waals surface area contributed by atoms with Gasteiger partial charge in [0.15, 0.2) is 16.7 Å². The first-order chi connectivity index (χ1) is 14.1. The minimum absolute atomic E-state index is 0.0287. The van der Waals surface area contributed by atoms with Crippen LogP contribution in [0.2, 0.25) is 0 Å². The maximum Gasteiger partial charge on any atom is 0.266 e. The van der Waals surface area contributed by atoms with Crippen LogP contribution in [0.4, 0.5) is 5.69 Å². The molecular weight excluding hydrogens is 384 g/mol. The van der Waals surface area contributed by atoms with Crippen LogP contribution in [0.3, 0.4) is 0 Å². The quantitative estimate of drug-likeness (QED) is 0.583. The Kier molecular flexibility index (Phi) is 6.99. The lowest BCUT2D eigenvalue weighted by molar-refractivity contribution is -0.122. The van der Waals surface area contributed by atoms with Crippen molar-refractivity contribution in [3.8, 4) is 11.5 Å². The Morgan fingerprint density at radius 1 is 1.10 bits per heavy atom. The fourth-order valence-electron chi connectivity index (χ4n) is 3.09. The summed E-state index contributed by atoms with van der Waals surface area (Å²) in [5, 5.41) is 0.711. The largest absolute Gasteiger partial charge is 0.493 e. The van der Waals surface area contributed by atoms with Crippen LogP contribution >= 0.6 is 11.8 Å². The molecule has 1 fully saturated rings. The standard InChI is InChI=1S/C23H26N2O3S/c1-5-17-10-8-9-11-18(17)24-23-25(6-2)22(26)21(29-23)15-16-12-13-19(27-4)20(14-16)28-7-3/h8-15H,5-7H2,1-4H3/b21-15+,24-23?. The number of para-hydroxylation sites is 1. The molecule has 29 heavy (non-hydrogen) atoms. The maximum absolute atomic E-state index is 12.9. The van der Waals surface area contributed by atoms with E-state index in [9.17, 15) is 4.79 Å². The van der Waals surface area contributed by atoms with Crippen LogP contribution in [0.1, 0.15) is 31.9 Å². The van der Waals surface area contributed by atoms with Crippen molar-refractivity contribution < 1.29 is 14.3 Å². The normalized spacial score (nSPS) is 16.7. The van der Waals surface area contributed by atoms with E-state index in [1.165, 1.54) is 11.8 Å². The summed E-state index contributed by atoms with van der Waals surface area (Å²) in [6.07, 6.45) is 2.78. The first kappa shape index (κ1) is 21.0. The minimum Gasteiger partial charge on any atom is -0.493 e. The Bertz CT molecular complexity index is 953. The predicted molar refractivity (Wildman–Crippen MR) is 120 cm³/mol. The van der Waals surface area contributed by atoms with Gasteiger partial charge in [-0.2, -0.15) is 0 Å². The number of rotatable bonds is 7. The van der Waals surface area contributed by atoms with Gasteiger partial charge in [-0.05, 0) is 67.4 Å². The summed E-state index contributed by atoms with van der Waals surface area (Å²) < 4.78 is 11.0. The van der Waals surface area contributed by atoms with E-state index in [0.29, 0.717) is 34.7 Å². The summed E-state index contributed by atoms with van der Waals surface area (Å²) >= 11 is 1.40. The number of methoxy groups -OCH3 is 1. The molecule has 1 heterocycles. The molecule has 0 saturated carbocycles. The number of aryl methyl sites for hydroxylation is 1. The van der Waals surface area contributed by atoms with Gasteiger partial charge < -0.3 is 9.47 Å². The Morgan fingerprint density at radius 2 is 1.90 bits per heavy atom. The van der Waals surface area contributed by atoms with Gasteiger partial charge in [0.2, 0.25) is 0 Å². The molecule has 6 heteroatoms. The second-order valence-electron chi connectivity index (χ2n) is 6.38. The van der Waals surface area contributed by atoms with Crippen molar-refractivity contribution in [2.75, 3.05) is 20.3 Å². The number of amides is 1. The highest BCUT2D eigenvalue weighted by Gasteiger charge is 2.32. The highest BCUT2D eigenvalue weighted by Crippen LogP contribution is 2.36. The lowest BCUT2D eigenvalue weighted by Gasteiger charge is -2.13. The first-order valence-corrected chi connectivity index (χ1v) is 10.6. The Balaban J connectivity index is 1.95. The van der Waals surface area contributed by atoms with E-state index in [0.717, 1.165) is 23.2 Å². The second kappa shape index (κ2) is 9.65. The molecule has 0 aromatic heterocycles. The van der Waals surface area contributed by atoms with Crippen molar-refractivity contribution in [3.05, 3.63) is 58.5 Å². The highest BCUT2D eigenvalue weighted by molar-refractivity contribution is 8.18. The molecule has 0 aliphatic carbocycles. The summed E-state index contributed by atoms with van der Waals surface area (Å²) in [7, 11) is 1.61. The van der Waals surface area contributed by atoms with Crippen LogP contribution in [-0.2, 0) is 11.2 Å². The molecule has 0 atom stereocenters. The Hall–Kier alpha value is -2.73. The van der Waals surface area contributed by atoms with Crippen molar-refractivity contribution in [3.63, 3.8) is 0 Å². The van der Waals surface area contributed by atoms with Crippen molar-refractivity contribution in [2.45, 2.75) is 27.2 Å². The first-order valence-electron chi connectivity index (χ1n) is 9.80. The number of ether oxygens (including phenoxy) is 2. The van der Waals surface area contributed by atoms with Gasteiger partial charge in [0.05, 0.1) is 24.3 Å². The summed E-state index contributed by atoms with van der Waals surface area (Å²) in [6, 6.07) is 13.7. The third kappa shape index (κ3) is 4.65. The van der Waals surface area contributed by atoms with Crippen LogP contribution in [0.25, 0.3) is 6.08 Å². The molecule has 0 radical (unpaired) electrons. The Morgan fingerprint density at radius 3 is 2.59 bits per heavy atom. The third-order valence-electron chi connectivity index (χ3n) is 4.58. The molecule has 1 aliphatic heterocycles. The van der Waals surface area contributed by atoms with Gasteiger partial charge in [-0.15, -0.1) is 0 Å². The van der Waals surface area contributed by atoms with Crippen molar-refractivity contribution >= 4 is 34.6 Å². The molecule has 0 bridgehead atoms. The fraction of sp³-hybridized carbons (Fsp3) is 0.304. The molecule has 0 spiro atoms. The number of amidine groups is 1. The van der Waals surface area contributed by atoms with E-state index in [1.54, 1.807) is 12.0 Å². The lowest BCUT2D eigenvalue weighted by atomic mass is 10.1. The van der Waals surface area contributed by atoms with Gasteiger partial charge in [-0.1, -0.05) is 31.2 Å². The van der Waals surface area contributed by atoms with E-state index in [4.69, 9.17) is 14.5 Å². The highest BCUT2D eigenvalue weighted by atomic mass is 32.2. The van der Waals surface area contributed by atoms with Gasteiger partial charge >= 0.3 is 0 Å². The zero-order valence-corrected chi connectivity index (χ0v) is 18.1.